The van der Waals surface area contributed by atoms with Gasteiger partial charge in [-0.15, -0.1) is 0 Å². The highest BCUT2D eigenvalue weighted by atomic mass is 19.4. The van der Waals surface area contributed by atoms with Gasteiger partial charge in [-0.05, 0) is 19.3 Å². The molecular weight excluding hydrogens is 287 g/mol. The molecule has 2 fully saturated rings. The molecule has 0 bridgehead atoms. The highest BCUT2D eigenvalue weighted by Gasteiger charge is 2.44. The zero-order chi connectivity index (χ0) is 15.3. The lowest BCUT2D eigenvalue weighted by Gasteiger charge is -2.36. The molecule has 0 aromatic carbocycles. The first kappa shape index (κ1) is 16.5. The van der Waals surface area contributed by atoms with Crippen LogP contribution in [0.25, 0.3) is 0 Å². The van der Waals surface area contributed by atoms with Crippen LogP contribution in [0.2, 0.25) is 0 Å². The number of ether oxygens (including phenoxy) is 1. The topological polar surface area (TPSA) is 53.6 Å². The van der Waals surface area contributed by atoms with Crippen LogP contribution in [0.4, 0.5) is 13.2 Å². The van der Waals surface area contributed by atoms with Gasteiger partial charge in [-0.1, -0.05) is 0 Å². The number of hydrogen-bond donors (Lipinski definition) is 2. The second-order valence-electron chi connectivity index (χ2n) is 5.44. The van der Waals surface area contributed by atoms with Crippen molar-refractivity contribution in [1.29, 1.82) is 0 Å². The van der Waals surface area contributed by atoms with Crippen LogP contribution in [0.3, 0.4) is 0 Å². The summed E-state index contributed by atoms with van der Waals surface area (Å²) in [5.41, 5.74) is 0. The van der Waals surface area contributed by atoms with Gasteiger partial charge in [0.25, 0.3) is 0 Å². The molecule has 0 aliphatic carbocycles. The number of piperazine rings is 1. The minimum Gasteiger partial charge on any atom is -0.368 e. The van der Waals surface area contributed by atoms with Crippen LogP contribution in [-0.4, -0.2) is 68.5 Å². The van der Waals surface area contributed by atoms with E-state index in [9.17, 15) is 18.0 Å². The van der Waals surface area contributed by atoms with Crippen LogP contribution in [0, 0.1) is 0 Å². The lowest BCUT2D eigenvalue weighted by Crippen LogP contribution is -2.58. The van der Waals surface area contributed by atoms with Crippen molar-refractivity contribution in [3.05, 3.63) is 0 Å². The Labute approximate surface area is 122 Å². The molecule has 0 radical (unpaired) electrons. The first-order chi connectivity index (χ1) is 9.98. The quantitative estimate of drug-likeness (QED) is 0.794. The standard InChI is InChI=1S/C13H22F3N3O2/c14-13(15,16)11(19-6-4-17-5-7-19)9-18-12(20)10-3-1-2-8-21-10/h10-11,17H,1-9H2,(H,18,20). The molecule has 2 N–H and O–H groups in total. The van der Waals surface area contributed by atoms with Crippen LogP contribution in [0.15, 0.2) is 0 Å². The van der Waals surface area contributed by atoms with Gasteiger partial charge < -0.3 is 15.4 Å². The van der Waals surface area contributed by atoms with Crippen molar-refractivity contribution in [2.24, 2.45) is 0 Å². The molecule has 2 atom stereocenters. The average Bonchev–Trinajstić information content (AvgIpc) is 2.48. The number of carbonyl (C=O) groups excluding carboxylic acids is 1. The van der Waals surface area contributed by atoms with E-state index in [1.807, 2.05) is 0 Å². The number of nitrogens with zero attached hydrogens (tertiary/aromatic N) is 1. The molecule has 122 valence electrons. The Bertz CT molecular complexity index is 340. The molecule has 2 saturated heterocycles. The first-order valence-corrected chi connectivity index (χ1v) is 7.39. The van der Waals surface area contributed by atoms with Crippen LogP contribution in [0.5, 0.6) is 0 Å². The molecule has 0 saturated carbocycles. The third-order valence-electron chi connectivity index (χ3n) is 3.91. The van der Waals surface area contributed by atoms with E-state index in [2.05, 4.69) is 10.6 Å². The maximum Gasteiger partial charge on any atom is 0.405 e. The lowest BCUT2D eigenvalue weighted by atomic mass is 10.1. The lowest BCUT2D eigenvalue weighted by molar-refractivity contribution is -0.184. The largest absolute Gasteiger partial charge is 0.405 e. The normalized spacial score (nSPS) is 26.3. The minimum absolute atomic E-state index is 0.333. The molecule has 1 amide bonds. The molecule has 21 heavy (non-hydrogen) atoms. The van der Waals surface area contributed by atoms with Gasteiger partial charge in [0.15, 0.2) is 0 Å². The van der Waals surface area contributed by atoms with E-state index in [-0.39, 0.29) is 0 Å². The number of halogens is 3. The van der Waals surface area contributed by atoms with Gasteiger partial charge in [-0.3, -0.25) is 9.69 Å². The number of rotatable bonds is 4. The van der Waals surface area contributed by atoms with E-state index in [0.29, 0.717) is 39.2 Å². The minimum atomic E-state index is -4.35. The number of nitrogens with one attached hydrogen (secondary N) is 2. The van der Waals surface area contributed by atoms with Crippen molar-refractivity contribution in [1.82, 2.24) is 15.5 Å². The molecular formula is C13H22F3N3O2. The van der Waals surface area contributed by atoms with Crippen molar-refractivity contribution in [3.8, 4) is 0 Å². The molecule has 8 heteroatoms. The van der Waals surface area contributed by atoms with Gasteiger partial charge in [0.2, 0.25) is 5.91 Å². The van der Waals surface area contributed by atoms with E-state index in [1.54, 1.807) is 0 Å². The summed E-state index contributed by atoms with van der Waals surface area (Å²) >= 11 is 0. The van der Waals surface area contributed by atoms with Gasteiger partial charge in [0, 0.05) is 39.3 Å². The summed E-state index contributed by atoms with van der Waals surface area (Å²) in [6.45, 7) is 1.82. The molecule has 0 spiro atoms. The monoisotopic (exact) mass is 309 g/mol. The molecule has 2 unspecified atom stereocenters. The third kappa shape index (κ3) is 4.82. The molecule has 2 heterocycles. The second-order valence-corrected chi connectivity index (χ2v) is 5.44. The SMILES string of the molecule is O=C(NCC(N1CCNCC1)C(F)(F)F)C1CCCCO1. The summed E-state index contributed by atoms with van der Waals surface area (Å²) in [4.78, 5) is 13.3. The van der Waals surface area contributed by atoms with Crippen molar-refractivity contribution in [3.63, 3.8) is 0 Å². The predicted molar refractivity (Wildman–Crippen MR) is 70.9 cm³/mol. The fourth-order valence-electron chi connectivity index (χ4n) is 2.70. The smallest absolute Gasteiger partial charge is 0.368 e. The van der Waals surface area contributed by atoms with Gasteiger partial charge in [0.05, 0.1) is 0 Å². The number of amides is 1. The van der Waals surface area contributed by atoms with Crippen molar-refractivity contribution in [2.75, 3.05) is 39.3 Å². The van der Waals surface area contributed by atoms with E-state index in [1.165, 1.54) is 4.90 Å². The zero-order valence-electron chi connectivity index (χ0n) is 11.9. The molecule has 0 aromatic rings. The number of alkyl halides is 3. The fourth-order valence-corrected chi connectivity index (χ4v) is 2.70. The first-order valence-electron chi connectivity index (χ1n) is 7.39. The van der Waals surface area contributed by atoms with Crippen LogP contribution in [-0.2, 0) is 9.53 Å². The molecule has 0 aromatic heterocycles. The highest BCUT2D eigenvalue weighted by Crippen LogP contribution is 2.25. The summed E-state index contributed by atoms with van der Waals surface area (Å²) in [7, 11) is 0. The van der Waals surface area contributed by atoms with E-state index >= 15 is 0 Å². The van der Waals surface area contributed by atoms with Gasteiger partial charge >= 0.3 is 6.18 Å². The third-order valence-corrected chi connectivity index (χ3v) is 3.91. The van der Waals surface area contributed by atoms with Crippen LogP contribution >= 0.6 is 0 Å². The van der Waals surface area contributed by atoms with Gasteiger partial charge in [-0.2, -0.15) is 13.2 Å². The predicted octanol–water partition coefficient (Wildman–Crippen LogP) is 0.508. The summed E-state index contributed by atoms with van der Waals surface area (Å²) in [6, 6.07) is -1.63. The number of carbonyl (C=O) groups is 1. The van der Waals surface area contributed by atoms with Gasteiger partial charge in [-0.25, -0.2) is 0 Å². The Morgan fingerprint density at radius 2 is 2.05 bits per heavy atom. The van der Waals surface area contributed by atoms with Crippen LogP contribution in [0.1, 0.15) is 19.3 Å². The second kappa shape index (κ2) is 7.42. The number of hydrogen-bond acceptors (Lipinski definition) is 4. The van der Waals surface area contributed by atoms with Gasteiger partial charge in [0.1, 0.15) is 12.1 Å². The summed E-state index contributed by atoms with van der Waals surface area (Å²) in [5, 5.41) is 5.43. The Morgan fingerprint density at radius 1 is 1.33 bits per heavy atom. The Hall–Kier alpha value is -0.860. The summed E-state index contributed by atoms with van der Waals surface area (Å²) < 4.78 is 44.7. The highest BCUT2D eigenvalue weighted by molar-refractivity contribution is 5.80. The molecule has 2 rings (SSSR count). The van der Waals surface area contributed by atoms with Crippen molar-refractivity contribution >= 4 is 5.91 Å². The Morgan fingerprint density at radius 3 is 2.62 bits per heavy atom. The maximum atomic E-state index is 13.2. The van der Waals surface area contributed by atoms with E-state index in [4.69, 9.17) is 4.74 Å². The summed E-state index contributed by atoms with van der Waals surface area (Å²) in [5.74, 6) is -0.431. The average molecular weight is 309 g/mol. The maximum absolute atomic E-state index is 13.2. The molecule has 5 nitrogen and oxygen atoms in total. The zero-order valence-corrected chi connectivity index (χ0v) is 11.9. The van der Waals surface area contributed by atoms with E-state index in [0.717, 1.165) is 12.8 Å². The Balaban J connectivity index is 1.87. The fraction of sp³-hybridized carbons (Fsp3) is 0.923. The molecule has 2 aliphatic heterocycles. The van der Waals surface area contributed by atoms with E-state index < -0.39 is 30.8 Å². The Kier molecular flexibility index (Phi) is 5.83. The van der Waals surface area contributed by atoms with Crippen molar-refractivity contribution in [2.45, 2.75) is 37.6 Å². The van der Waals surface area contributed by atoms with Crippen molar-refractivity contribution < 1.29 is 22.7 Å². The summed E-state index contributed by atoms with van der Waals surface area (Å²) in [6.07, 6.45) is -2.60. The van der Waals surface area contributed by atoms with Crippen LogP contribution < -0.4 is 10.6 Å². The molecule has 2 aliphatic rings.